The fourth-order valence-corrected chi connectivity index (χ4v) is 2.75. The second kappa shape index (κ2) is 7.22. The standard InChI is InChI=1S/C14H20ClFN2O2/c1-2-20-14-11(15)7-10(8-12(14)16)13(9-19)18-5-3-17-4-6-18/h7-8,13,17,19H,2-6,9H2,1H3/t13-/m0/s1. The maximum Gasteiger partial charge on any atom is 0.173 e. The summed E-state index contributed by atoms with van der Waals surface area (Å²) in [6.45, 7) is 5.44. The van der Waals surface area contributed by atoms with E-state index in [9.17, 15) is 9.50 Å². The molecule has 0 radical (unpaired) electrons. The van der Waals surface area contributed by atoms with E-state index >= 15 is 0 Å². The summed E-state index contributed by atoms with van der Waals surface area (Å²) in [5, 5.41) is 13.1. The van der Waals surface area contributed by atoms with Crippen LogP contribution in [0.1, 0.15) is 18.5 Å². The molecule has 112 valence electrons. The molecule has 0 saturated carbocycles. The Morgan fingerprint density at radius 2 is 2.15 bits per heavy atom. The van der Waals surface area contributed by atoms with Crippen molar-refractivity contribution in [2.45, 2.75) is 13.0 Å². The first-order chi connectivity index (χ1) is 9.67. The van der Waals surface area contributed by atoms with Gasteiger partial charge in [-0.3, -0.25) is 4.90 Å². The van der Waals surface area contributed by atoms with Gasteiger partial charge in [0.25, 0.3) is 0 Å². The minimum absolute atomic E-state index is 0.0657. The second-order valence-electron chi connectivity index (χ2n) is 4.73. The number of ether oxygens (including phenoxy) is 1. The van der Waals surface area contributed by atoms with Crippen molar-refractivity contribution in [3.05, 3.63) is 28.5 Å². The van der Waals surface area contributed by atoms with Gasteiger partial charge in [-0.25, -0.2) is 4.39 Å². The number of piperazine rings is 1. The fourth-order valence-electron chi connectivity index (χ4n) is 2.48. The minimum Gasteiger partial charge on any atom is -0.489 e. The molecule has 0 amide bonds. The number of halogens is 2. The molecule has 6 heteroatoms. The third kappa shape index (κ3) is 3.41. The van der Waals surface area contributed by atoms with Gasteiger partial charge in [-0.1, -0.05) is 11.6 Å². The molecule has 1 atom stereocenters. The molecule has 20 heavy (non-hydrogen) atoms. The lowest BCUT2D eigenvalue weighted by atomic mass is 10.0. The van der Waals surface area contributed by atoms with E-state index in [4.69, 9.17) is 16.3 Å². The highest BCUT2D eigenvalue weighted by Gasteiger charge is 2.23. The fraction of sp³-hybridized carbons (Fsp3) is 0.571. The van der Waals surface area contributed by atoms with E-state index in [-0.39, 0.29) is 23.4 Å². The number of hydrogen-bond acceptors (Lipinski definition) is 4. The molecule has 1 aromatic rings. The lowest BCUT2D eigenvalue weighted by Crippen LogP contribution is -2.46. The zero-order valence-corrected chi connectivity index (χ0v) is 12.3. The molecule has 0 aliphatic carbocycles. The van der Waals surface area contributed by atoms with E-state index in [1.165, 1.54) is 6.07 Å². The Bertz CT molecular complexity index is 430. The molecule has 1 aliphatic rings. The number of rotatable bonds is 5. The zero-order valence-electron chi connectivity index (χ0n) is 11.5. The van der Waals surface area contributed by atoms with Crippen molar-refractivity contribution in [3.63, 3.8) is 0 Å². The second-order valence-corrected chi connectivity index (χ2v) is 5.14. The highest BCUT2D eigenvalue weighted by molar-refractivity contribution is 6.32. The van der Waals surface area contributed by atoms with Gasteiger partial charge in [0.05, 0.1) is 24.3 Å². The van der Waals surface area contributed by atoms with Gasteiger partial charge in [-0.05, 0) is 24.6 Å². The summed E-state index contributed by atoms with van der Waals surface area (Å²) in [6.07, 6.45) is 0. The minimum atomic E-state index is -0.483. The monoisotopic (exact) mass is 302 g/mol. The van der Waals surface area contributed by atoms with Crippen LogP contribution in [0.4, 0.5) is 4.39 Å². The van der Waals surface area contributed by atoms with Gasteiger partial charge in [0.15, 0.2) is 11.6 Å². The van der Waals surface area contributed by atoms with Crippen molar-refractivity contribution >= 4 is 11.6 Å². The molecule has 0 spiro atoms. The molecule has 0 bridgehead atoms. The zero-order chi connectivity index (χ0) is 14.5. The summed E-state index contributed by atoms with van der Waals surface area (Å²) < 4.78 is 19.2. The Kier molecular flexibility index (Phi) is 5.60. The predicted molar refractivity (Wildman–Crippen MR) is 76.8 cm³/mol. The molecule has 1 fully saturated rings. The van der Waals surface area contributed by atoms with Crippen LogP contribution in [0.5, 0.6) is 5.75 Å². The van der Waals surface area contributed by atoms with Crippen LogP contribution >= 0.6 is 11.6 Å². The van der Waals surface area contributed by atoms with Crippen molar-refractivity contribution in [3.8, 4) is 5.75 Å². The lowest BCUT2D eigenvalue weighted by molar-refractivity contribution is 0.110. The van der Waals surface area contributed by atoms with Crippen LogP contribution in [0.3, 0.4) is 0 Å². The summed E-state index contributed by atoms with van der Waals surface area (Å²) in [7, 11) is 0. The highest BCUT2D eigenvalue weighted by Crippen LogP contribution is 2.33. The van der Waals surface area contributed by atoms with Gasteiger partial charge in [0.2, 0.25) is 0 Å². The molecule has 1 saturated heterocycles. The van der Waals surface area contributed by atoms with Crippen LogP contribution in [0, 0.1) is 5.82 Å². The number of nitrogens with one attached hydrogen (secondary N) is 1. The van der Waals surface area contributed by atoms with Gasteiger partial charge in [-0.15, -0.1) is 0 Å². The molecule has 2 N–H and O–H groups in total. The van der Waals surface area contributed by atoms with Crippen molar-refractivity contribution in [1.82, 2.24) is 10.2 Å². The normalized spacial score (nSPS) is 18.0. The van der Waals surface area contributed by atoms with Crippen LogP contribution in [0.15, 0.2) is 12.1 Å². The van der Waals surface area contributed by atoms with Crippen LogP contribution in [0.2, 0.25) is 5.02 Å². The van der Waals surface area contributed by atoms with E-state index < -0.39 is 5.82 Å². The molecular weight excluding hydrogens is 283 g/mol. The van der Waals surface area contributed by atoms with Crippen molar-refractivity contribution in [1.29, 1.82) is 0 Å². The third-order valence-electron chi connectivity index (χ3n) is 3.46. The Hall–Kier alpha value is -0.880. The summed E-state index contributed by atoms with van der Waals surface area (Å²) in [5.74, 6) is -0.405. The van der Waals surface area contributed by atoms with E-state index in [0.29, 0.717) is 12.2 Å². The number of nitrogens with zero attached hydrogens (tertiary/aromatic N) is 1. The molecule has 0 unspecified atom stereocenters. The Morgan fingerprint density at radius 3 is 2.70 bits per heavy atom. The highest BCUT2D eigenvalue weighted by atomic mass is 35.5. The summed E-state index contributed by atoms with van der Waals surface area (Å²) in [6, 6.07) is 2.85. The van der Waals surface area contributed by atoms with Gasteiger partial charge >= 0.3 is 0 Å². The van der Waals surface area contributed by atoms with Gasteiger partial charge in [0.1, 0.15) is 0 Å². The number of aliphatic hydroxyl groups is 1. The maximum atomic E-state index is 14.0. The third-order valence-corrected chi connectivity index (χ3v) is 3.74. The number of aliphatic hydroxyl groups excluding tert-OH is 1. The van der Waals surface area contributed by atoms with Gasteiger partial charge in [0, 0.05) is 26.2 Å². The number of hydrogen-bond donors (Lipinski definition) is 2. The predicted octanol–water partition coefficient (Wildman–Crippen LogP) is 1.82. The Balaban J connectivity index is 2.25. The summed E-state index contributed by atoms with van der Waals surface area (Å²) in [5.41, 5.74) is 0.681. The summed E-state index contributed by atoms with van der Waals surface area (Å²) in [4.78, 5) is 2.13. The van der Waals surface area contributed by atoms with Gasteiger partial charge in [-0.2, -0.15) is 0 Å². The first-order valence-electron chi connectivity index (χ1n) is 6.84. The first kappa shape index (κ1) is 15.5. The maximum absolute atomic E-state index is 14.0. The largest absolute Gasteiger partial charge is 0.489 e. The van der Waals surface area contributed by atoms with E-state index in [1.807, 2.05) is 0 Å². The Morgan fingerprint density at radius 1 is 1.45 bits per heavy atom. The molecule has 1 aliphatic heterocycles. The Labute approximate surface area is 123 Å². The smallest absolute Gasteiger partial charge is 0.173 e. The molecule has 2 rings (SSSR count). The lowest BCUT2D eigenvalue weighted by Gasteiger charge is -2.34. The number of benzene rings is 1. The average Bonchev–Trinajstić information content (AvgIpc) is 2.45. The van der Waals surface area contributed by atoms with Crippen LogP contribution in [0.25, 0.3) is 0 Å². The van der Waals surface area contributed by atoms with E-state index in [1.54, 1.807) is 13.0 Å². The quantitative estimate of drug-likeness (QED) is 0.871. The van der Waals surface area contributed by atoms with E-state index in [0.717, 1.165) is 26.2 Å². The van der Waals surface area contributed by atoms with Crippen LogP contribution in [-0.2, 0) is 0 Å². The van der Waals surface area contributed by atoms with E-state index in [2.05, 4.69) is 10.2 Å². The molecule has 1 aromatic carbocycles. The molecule has 1 heterocycles. The first-order valence-corrected chi connectivity index (χ1v) is 7.22. The van der Waals surface area contributed by atoms with Crippen LogP contribution in [-0.4, -0.2) is 49.4 Å². The molecule has 0 aromatic heterocycles. The average molecular weight is 303 g/mol. The van der Waals surface area contributed by atoms with Gasteiger partial charge < -0.3 is 15.2 Å². The van der Waals surface area contributed by atoms with Crippen LogP contribution < -0.4 is 10.1 Å². The topological polar surface area (TPSA) is 44.7 Å². The van der Waals surface area contributed by atoms with Crippen molar-refractivity contribution in [2.75, 3.05) is 39.4 Å². The molecule has 4 nitrogen and oxygen atoms in total. The van der Waals surface area contributed by atoms with Crippen molar-refractivity contribution < 1.29 is 14.2 Å². The molecular formula is C14H20ClFN2O2. The summed E-state index contributed by atoms with van der Waals surface area (Å²) >= 11 is 6.08. The SMILES string of the molecule is CCOc1c(F)cc([C@H](CO)N2CCNCC2)cc1Cl. The van der Waals surface area contributed by atoms with Crippen molar-refractivity contribution in [2.24, 2.45) is 0 Å².